The number of carbonyl (C=O) groups is 1. The highest BCUT2D eigenvalue weighted by atomic mass is 16.2. The molecule has 5 heteroatoms. The van der Waals surface area contributed by atoms with E-state index in [0.29, 0.717) is 12.5 Å². The van der Waals surface area contributed by atoms with Crippen molar-refractivity contribution in [3.63, 3.8) is 0 Å². The van der Waals surface area contributed by atoms with Crippen molar-refractivity contribution in [3.8, 4) is 0 Å². The van der Waals surface area contributed by atoms with Crippen molar-refractivity contribution >= 4 is 11.7 Å². The van der Waals surface area contributed by atoms with Crippen LogP contribution in [0.5, 0.6) is 0 Å². The second kappa shape index (κ2) is 7.32. The monoisotopic (exact) mass is 342 g/mol. The maximum Gasteiger partial charge on any atom is 0.228 e. The molecule has 1 aromatic rings. The van der Waals surface area contributed by atoms with E-state index in [2.05, 4.69) is 26.6 Å². The number of rotatable bonds is 4. The molecule has 2 saturated heterocycles. The molecule has 4 rings (SSSR count). The summed E-state index contributed by atoms with van der Waals surface area (Å²) >= 11 is 0. The van der Waals surface area contributed by atoms with Gasteiger partial charge in [-0.15, -0.1) is 0 Å². The molecule has 2 aliphatic heterocycles. The molecule has 0 unspecified atom stereocenters. The number of anilines is 1. The predicted molar refractivity (Wildman–Crippen MR) is 99.4 cm³/mol. The summed E-state index contributed by atoms with van der Waals surface area (Å²) in [7, 11) is 0. The highest BCUT2D eigenvalue weighted by molar-refractivity contribution is 5.83. The summed E-state index contributed by atoms with van der Waals surface area (Å²) in [5.41, 5.74) is 0.986. The third-order valence-electron chi connectivity index (χ3n) is 6.43. The summed E-state index contributed by atoms with van der Waals surface area (Å²) in [5.74, 6) is 1.82. The Labute approximate surface area is 150 Å². The van der Waals surface area contributed by atoms with Crippen molar-refractivity contribution in [3.05, 3.63) is 23.9 Å². The van der Waals surface area contributed by atoms with Crippen molar-refractivity contribution in [1.29, 1.82) is 0 Å². The zero-order chi connectivity index (χ0) is 17.1. The lowest BCUT2D eigenvalue weighted by Crippen LogP contribution is -2.47. The van der Waals surface area contributed by atoms with Gasteiger partial charge < -0.3 is 15.5 Å². The fraction of sp³-hybridized carbons (Fsp3) is 0.700. The van der Waals surface area contributed by atoms with Crippen LogP contribution >= 0.6 is 0 Å². The number of fused-ring (bicyclic) bond motifs is 1. The molecule has 0 aromatic carbocycles. The molecule has 25 heavy (non-hydrogen) atoms. The minimum Gasteiger partial charge on any atom is -0.357 e. The van der Waals surface area contributed by atoms with Gasteiger partial charge in [0.05, 0.1) is 5.41 Å². The van der Waals surface area contributed by atoms with Crippen molar-refractivity contribution < 1.29 is 4.79 Å². The van der Waals surface area contributed by atoms with E-state index in [0.717, 1.165) is 44.0 Å². The first-order chi connectivity index (χ1) is 12.3. The SMILES string of the molecule is O=C(NCc1ccnc(N2CCCCC2)c1)[C@@]12CCCC[C@H]1CNC2. The van der Waals surface area contributed by atoms with Crippen LogP contribution in [0, 0.1) is 11.3 Å². The minimum absolute atomic E-state index is 0.166. The molecule has 2 atom stereocenters. The van der Waals surface area contributed by atoms with Crippen molar-refractivity contribution in [2.45, 2.75) is 51.5 Å². The van der Waals surface area contributed by atoms with Gasteiger partial charge in [-0.1, -0.05) is 12.8 Å². The van der Waals surface area contributed by atoms with Crippen LogP contribution in [0.15, 0.2) is 18.3 Å². The number of nitrogens with one attached hydrogen (secondary N) is 2. The highest BCUT2D eigenvalue weighted by Gasteiger charge is 2.49. The van der Waals surface area contributed by atoms with Gasteiger partial charge in [0, 0.05) is 32.4 Å². The van der Waals surface area contributed by atoms with Crippen LogP contribution in [0.2, 0.25) is 0 Å². The molecule has 3 fully saturated rings. The maximum absolute atomic E-state index is 13.0. The molecule has 1 amide bonds. The normalized spacial score (nSPS) is 29.3. The van der Waals surface area contributed by atoms with Crippen LogP contribution in [-0.4, -0.2) is 37.1 Å². The van der Waals surface area contributed by atoms with Gasteiger partial charge in [0.15, 0.2) is 0 Å². The quantitative estimate of drug-likeness (QED) is 0.883. The summed E-state index contributed by atoms with van der Waals surface area (Å²) in [6.07, 6.45) is 10.4. The highest BCUT2D eigenvalue weighted by Crippen LogP contribution is 2.43. The Balaban J connectivity index is 1.40. The molecule has 0 spiro atoms. The van der Waals surface area contributed by atoms with Crippen molar-refractivity contribution in [2.24, 2.45) is 11.3 Å². The van der Waals surface area contributed by atoms with Crippen LogP contribution in [0.1, 0.15) is 50.5 Å². The maximum atomic E-state index is 13.0. The fourth-order valence-electron chi connectivity index (χ4n) is 4.92. The van der Waals surface area contributed by atoms with E-state index in [1.165, 1.54) is 38.5 Å². The van der Waals surface area contributed by atoms with Gasteiger partial charge in [0.25, 0.3) is 0 Å². The topological polar surface area (TPSA) is 57.3 Å². The Kier molecular flexibility index (Phi) is 4.93. The Morgan fingerprint density at radius 2 is 2.16 bits per heavy atom. The van der Waals surface area contributed by atoms with E-state index in [4.69, 9.17) is 0 Å². The molecule has 2 N–H and O–H groups in total. The number of hydrogen-bond acceptors (Lipinski definition) is 4. The number of pyridine rings is 1. The van der Waals surface area contributed by atoms with Gasteiger partial charge in [-0.3, -0.25) is 4.79 Å². The molecule has 3 heterocycles. The van der Waals surface area contributed by atoms with Gasteiger partial charge in [0.2, 0.25) is 5.91 Å². The van der Waals surface area contributed by atoms with E-state index >= 15 is 0 Å². The smallest absolute Gasteiger partial charge is 0.228 e. The Bertz CT molecular complexity index is 613. The average Bonchev–Trinajstić information content (AvgIpc) is 3.12. The minimum atomic E-state index is -0.166. The van der Waals surface area contributed by atoms with E-state index in [1.54, 1.807) is 0 Å². The summed E-state index contributed by atoms with van der Waals surface area (Å²) in [6.45, 7) is 4.65. The molecule has 1 saturated carbocycles. The van der Waals surface area contributed by atoms with Crippen LogP contribution in [0.4, 0.5) is 5.82 Å². The predicted octanol–water partition coefficient (Wildman–Crippen LogP) is 2.47. The Morgan fingerprint density at radius 1 is 1.28 bits per heavy atom. The second-order valence-electron chi connectivity index (χ2n) is 7.98. The van der Waals surface area contributed by atoms with Gasteiger partial charge >= 0.3 is 0 Å². The van der Waals surface area contributed by atoms with E-state index in [9.17, 15) is 4.79 Å². The first-order valence-electron chi connectivity index (χ1n) is 9.97. The lowest BCUT2D eigenvalue weighted by molar-refractivity contribution is -0.134. The molecule has 0 radical (unpaired) electrons. The lowest BCUT2D eigenvalue weighted by Gasteiger charge is -2.37. The Morgan fingerprint density at radius 3 is 3.04 bits per heavy atom. The van der Waals surface area contributed by atoms with Gasteiger partial charge in [-0.05, 0) is 62.3 Å². The van der Waals surface area contributed by atoms with Crippen molar-refractivity contribution in [2.75, 3.05) is 31.1 Å². The van der Waals surface area contributed by atoms with Crippen LogP contribution < -0.4 is 15.5 Å². The molecule has 1 aliphatic carbocycles. The zero-order valence-electron chi connectivity index (χ0n) is 15.1. The molecule has 3 aliphatic rings. The fourth-order valence-corrected chi connectivity index (χ4v) is 4.92. The third kappa shape index (κ3) is 3.39. The largest absolute Gasteiger partial charge is 0.357 e. The van der Waals surface area contributed by atoms with Crippen molar-refractivity contribution in [1.82, 2.24) is 15.6 Å². The standard InChI is InChI=1S/C20H30N4O/c25-19(20-8-3-2-6-17(20)14-21-15-20)23-13-16-7-9-22-18(12-16)24-10-4-1-5-11-24/h7,9,12,17,21H,1-6,8,10-11,13-15H2,(H,23,25)/t17-,20+/m0/s1. The lowest BCUT2D eigenvalue weighted by atomic mass is 9.67. The van der Waals surface area contributed by atoms with Gasteiger partial charge in [0.1, 0.15) is 5.82 Å². The van der Waals surface area contributed by atoms with Crippen LogP contribution in [0.25, 0.3) is 0 Å². The van der Waals surface area contributed by atoms with Crippen LogP contribution in [-0.2, 0) is 11.3 Å². The molecular formula is C20H30N4O. The average molecular weight is 342 g/mol. The first kappa shape index (κ1) is 16.8. The molecule has 0 bridgehead atoms. The summed E-state index contributed by atoms with van der Waals surface area (Å²) in [4.78, 5) is 19.9. The summed E-state index contributed by atoms with van der Waals surface area (Å²) in [5, 5.41) is 6.69. The number of amides is 1. The number of aromatic nitrogens is 1. The molecule has 1 aromatic heterocycles. The zero-order valence-corrected chi connectivity index (χ0v) is 15.1. The first-order valence-corrected chi connectivity index (χ1v) is 9.97. The van der Waals surface area contributed by atoms with Crippen LogP contribution in [0.3, 0.4) is 0 Å². The van der Waals surface area contributed by atoms with E-state index in [1.807, 2.05) is 12.3 Å². The Hall–Kier alpha value is -1.62. The summed E-state index contributed by atoms with van der Waals surface area (Å²) < 4.78 is 0. The number of nitrogens with zero attached hydrogens (tertiary/aromatic N) is 2. The molecule has 136 valence electrons. The number of hydrogen-bond donors (Lipinski definition) is 2. The van der Waals surface area contributed by atoms with E-state index < -0.39 is 0 Å². The third-order valence-corrected chi connectivity index (χ3v) is 6.43. The van der Waals surface area contributed by atoms with E-state index in [-0.39, 0.29) is 11.3 Å². The second-order valence-corrected chi connectivity index (χ2v) is 7.98. The number of carbonyl (C=O) groups excluding carboxylic acids is 1. The number of piperidine rings is 1. The molecular weight excluding hydrogens is 312 g/mol. The van der Waals surface area contributed by atoms with Gasteiger partial charge in [-0.25, -0.2) is 4.98 Å². The molecule has 5 nitrogen and oxygen atoms in total. The summed E-state index contributed by atoms with van der Waals surface area (Å²) in [6, 6.07) is 4.17. The van der Waals surface area contributed by atoms with Gasteiger partial charge in [-0.2, -0.15) is 0 Å².